The summed E-state index contributed by atoms with van der Waals surface area (Å²) in [4.78, 5) is 16.5. The average Bonchev–Trinajstić information content (AvgIpc) is 2.57. The van der Waals surface area contributed by atoms with Crippen LogP contribution in [0.5, 0.6) is 0 Å². The Kier molecular flexibility index (Phi) is 3.03. The van der Waals surface area contributed by atoms with E-state index in [1.807, 2.05) is 0 Å². The standard InChI is InChI=1S/C10H9F3N2OS/c11-10(12,13)6-1-2-14-8(3-6)15-5-7(17)4-9(15)16/h1-3,7,17H,4-5H2. The van der Waals surface area contributed by atoms with Crippen LogP contribution in [0, 0.1) is 0 Å². The van der Waals surface area contributed by atoms with Crippen molar-refractivity contribution >= 4 is 24.4 Å². The fourth-order valence-corrected chi connectivity index (χ4v) is 1.97. The van der Waals surface area contributed by atoms with Gasteiger partial charge in [-0.1, -0.05) is 0 Å². The zero-order chi connectivity index (χ0) is 12.6. The number of amides is 1. The second-order valence-electron chi connectivity index (χ2n) is 3.76. The maximum atomic E-state index is 12.5. The number of carbonyl (C=O) groups is 1. The van der Waals surface area contributed by atoms with Crippen molar-refractivity contribution in [1.29, 1.82) is 0 Å². The average molecular weight is 262 g/mol. The SMILES string of the molecule is O=C1CC(S)CN1c1cc(C(F)(F)F)ccn1. The van der Waals surface area contributed by atoms with Gasteiger partial charge in [0.25, 0.3) is 0 Å². The van der Waals surface area contributed by atoms with Gasteiger partial charge < -0.3 is 0 Å². The molecule has 1 saturated heterocycles. The van der Waals surface area contributed by atoms with Crippen molar-refractivity contribution in [1.82, 2.24) is 4.98 Å². The van der Waals surface area contributed by atoms with E-state index in [4.69, 9.17) is 0 Å². The predicted molar refractivity (Wildman–Crippen MR) is 59.0 cm³/mol. The second-order valence-corrected chi connectivity index (χ2v) is 4.49. The molecule has 1 aromatic heterocycles. The van der Waals surface area contributed by atoms with Crippen LogP contribution >= 0.6 is 12.6 Å². The van der Waals surface area contributed by atoms with Gasteiger partial charge in [0.05, 0.1) is 5.56 Å². The number of anilines is 1. The summed E-state index contributed by atoms with van der Waals surface area (Å²) in [5, 5.41) is -0.154. The maximum Gasteiger partial charge on any atom is 0.416 e. The molecule has 2 heterocycles. The fraction of sp³-hybridized carbons (Fsp3) is 0.400. The van der Waals surface area contributed by atoms with Gasteiger partial charge in [-0.3, -0.25) is 9.69 Å². The normalized spacial score (nSPS) is 21.1. The lowest BCUT2D eigenvalue weighted by molar-refractivity contribution is -0.137. The van der Waals surface area contributed by atoms with E-state index in [1.54, 1.807) is 0 Å². The molecule has 1 aliphatic rings. The first-order chi connectivity index (χ1) is 7.88. The third kappa shape index (κ3) is 2.54. The van der Waals surface area contributed by atoms with Gasteiger partial charge in [-0.25, -0.2) is 4.98 Å². The fourth-order valence-electron chi connectivity index (χ4n) is 1.65. The van der Waals surface area contributed by atoms with Crippen LogP contribution in [0.1, 0.15) is 12.0 Å². The highest BCUT2D eigenvalue weighted by molar-refractivity contribution is 7.81. The Hall–Kier alpha value is -1.24. The minimum absolute atomic E-state index is 0.0291. The summed E-state index contributed by atoms with van der Waals surface area (Å²) in [5.41, 5.74) is -0.807. The summed E-state index contributed by atoms with van der Waals surface area (Å²) in [6.07, 6.45) is -3.15. The molecule has 92 valence electrons. The van der Waals surface area contributed by atoms with E-state index in [-0.39, 0.29) is 29.9 Å². The lowest BCUT2D eigenvalue weighted by atomic mass is 10.2. The number of halogens is 3. The summed E-state index contributed by atoms with van der Waals surface area (Å²) in [6, 6.07) is 1.76. The molecule has 1 atom stereocenters. The van der Waals surface area contributed by atoms with Gasteiger partial charge in [-0.05, 0) is 12.1 Å². The number of rotatable bonds is 1. The topological polar surface area (TPSA) is 33.2 Å². The zero-order valence-electron chi connectivity index (χ0n) is 8.61. The highest BCUT2D eigenvalue weighted by Crippen LogP contribution is 2.31. The number of hydrogen-bond donors (Lipinski definition) is 1. The van der Waals surface area contributed by atoms with Gasteiger partial charge in [0.1, 0.15) is 5.82 Å². The van der Waals surface area contributed by atoms with E-state index in [1.165, 1.54) is 4.90 Å². The Bertz CT molecular complexity index is 449. The van der Waals surface area contributed by atoms with Crippen molar-refractivity contribution in [3.05, 3.63) is 23.9 Å². The van der Waals surface area contributed by atoms with Gasteiger partial charge in [0, 0.05) is 24.4 Å². The van der Waals surface area contributed by atoms with E-state index < -0.39 is 11.7 Å². The van der Waals surface area contributed by atoms with E-state index in [2.05, 4.69) is 17.6 Å². The number of alkyl halides is 3. The number of pyridine rings is 1. The first-order valence-electron chi connectivity index (χ1n) is 4.89. The van der Waals surface area contributed by atoms with Crippen LogP contribution in [0.15, 0.2) is 18.3 Å². The van der Waals surface area contributed by atoms with Gasteiger partial charge >= 0.3 is 6.18 Å². The van der Waals surface area contributed by atoms with Crippen LogP contribution in [-0.4, -0.2) is 22.7 Å². The predicted octanol–water partition coefficient (Wildman–Crippen LogP) is 2.14. The molecule has 0 radical (unpaired) electrons. The van der Waals surface area contributed by atoms with Crippen molar-refractivity contribution in [2.24, 2.45) is 0 Å². The highest BCUT2D eigenvalue weighted by Gasteiger charge is 2.33. The summed E-state index contributed by atoms with van der Waals surface area (Å²) in [7, 11) is 0. The van der Waals surface area contributed by atoms with Crippen molar-refractivity contribution in [3.63, 3.8) is 0 Å². The third-order valence-electron chi connectivity index (χ3n) is 2.45. The maximum absolute atomic E-state index is 12.5. The van der Waals surface area contributed by atoms with Gasteiger partial charge in [0.2, 0.25) is 5.91 Å². The van der Waals surface area contributed by atoms with E-state index in [9.17, 15) is 18.0 Å². The smallest absolute Gasteiger partial charge is 0.296 e. The minimum atomic E-state index is -4.43. The van der Waals surface area contributed by atoms with Crippen molar-refractivity contribution < 1.29 is 18.0 Å². The van der Waals surface area contributed by atoms with Crippen LogP contribution in [0.2, 0.25) is 0 Å². The van der Waals surface area contributed by atoms with E-state index in [0.717, 1.165) is 18.3 Å². The molecule has 0 aliphatic carbocycles. The number of nitrogens with zero attached hydrogens (tertiary/aromatic N) is 2. The van der Waals surface area contributed by atoms with Crippen LogP contribution in [0.3, 0.4) is 0 Å². The molecule has 7 heteroatoms. The van der Waals surface area contributed by atoms with Gasteiger partial charge in [-0.15, -0.1) is 0 Å². The number of hydrogen-bond acceptors (Lipinski definition) is 3. The Labute approximate surface area is 101 Å². The summed E-state index contributed by atoms with van der Waals surface area (Å²) >= 11 is 4.13. The lowest BCUT2D eigenvalue weighted by Gasteiger charge is -2.16. The summed E-state index contributed by atoms with van der Waals surface area (Å²) in [5.74, 6) is -0.224. The van der Waals surface area contributed by atoms with Gasteiger partial charge in [0.15, 0.2) is 0 Å². The summed E-state index contributed by atoms with van der Waals surface area (Å²) in [6.45, 7) is 0.288. The quantitative estimate of drug-likeness (QED) is 0.787. The van der Waals surface area contributed by atoms with Crippen LogP contribution in [0.25, 0.3) is 0 Å². The number of aromatic nitrogens is 1. The molecule has 0 bridgehead atoms. The monoisotopic (exact) mass is 262 g/mol. The minimum Gasteiger partial charge on any atom is -0.296 e. The Balaban J connectivity index is 2.31. The first kappa shape index (κ1) is 12.2. The van der Waals surface area contributed by atoms with E-state index >= 15 is 0 Å². The molecule has 0 spiro atoms. The second kappa shape index (κ2) is 4.21. The Morgan fingerprint density at radius 1 is 1.47 bits per heavy atom. The molecule has 0 N–H and O–H groups in total. The molecule has 17 heavy (non-hydrogen) atoms. The zero-order valence-corrected chi connectivity index (χ0v) is 9.50. The Morgan fingerprint density at radius 2 is 2.18 bits per heavy atom. The largest absolute Gasteiger partial charge is 0.416 e. The van der Waals surface area contributed by atoms with E-state index in [0.29, 0.717) is 0 Å². The molecule has 1 aromatic rings. The van der Waals surface area contributed by atoms with Crippen LogP contribution in [-0.2, 0) is 11.0 Å². The molecule has 0 saturated carbocycles. The molecular formula is C10H9F3N2OS. The molecule has 1 amide bonds. The molecule has 3 nitrogen and oxygen atoms in total. The summed E-state index contributed by atoms with van der Waals surface area (Å²) < 4.78 is 37.4. The Morgan fingerprint density at radius 3 is 2.71 bits per heavy atom. The first-order valence-corrected chi connectivity index (χ1v) is 5.41. The molecule has 1 aliphatic heterocycles. The van der Waals surface area contributed by atoms with Gasteiger partial charge in [-0.2, -0.15) is 25.8 Å². The number of thiol groups is 1. The third-order valence-corrected chi connectivity index (χ3v) is 2.80. The highest BCUT2D eigenvalue weighted by atomic mass is 32.1. The van der Waals surface area contributed by atoms with Crippen molar-refractivity contribution in [2.75, 3.05) is 11.4 Å². The van der Waals surface area contributed by atoms with Crippen LogP contribution < -0.4 is 4.90 Å². The molecule has 2 rings (SSSR count). The van der Waals surface area contributed by atoms with Crippen molar-refractivity contribution in [2.45, 2.75) is 17.8 Å². The molecule has 1 fully saturated rings. The number of carbonyl (C=O) groups excluding carboxylic acids is 1. The molecule has 0 aromatic carbocycles. The molecular weight excluding hydrogens is 253 g/mol. The molecule has 1 unspecified atom stereocenters. The van der Waals surface area contributed by atoms with Crippen LogP contribution in [0.4, 0.5) is 19.0 Å². The van der Waals surface area contributed by atoms with Crippen molar-refractivity contribution in [3.8, 4) is 0 Å². The lowest BCUT2D eigenvalue weighted by Crippen LogP contribution is -2.26.